The fraction of sp³-hybridized carbons (Fsp3) is 0.923. The van der Waals surface area contributed by atoms with E-state index >= 15 is 0 Å². The molecule has 0 aromatic rings. The number of carbonyl (C=O) groups excluding carboxylic acids is 1. The molecule has 4 nitrogen and oxygen atoms in total. The molecule has 0 aromatic heterocycles. The number of nitrogens with two attached hydrogens (primary N) is 1. The second kappa shape index (κ2) is 6.36. The van der Waals surface area contributed by atoms with E-state index < -0.39 is 11.6 Å². The Morgan fingerprint density at radius 3 is 2.76 bits per heavy atom. The van der Waals surface area contributed by atoms with Crippen molar-refractivity contribution in [2.24, 2.45) is 5.73 Å². The first kappa shape index (κ1) is 14.5. The first-order valence-electron chi connectivity index (χ1n) is 6.48. The van der Waals surface area contributed by atoms with Crippen molar-refractivity contribution in [1.82, 2.24) is 0 Å². The Kier molecular flexibility index (Phi) is 5.40. The molecule has 0 radical (unpaired) electrons. The zero-order chi connectivity index (χ0) is 12.9. The summed E-state index contributed by atoms with van der Waals surface area (Å²) in [5, 5.41) is 0. The molecular formula is C13H25NO3. The molecular weight excluding hydrogens is 218 g/mol. The second-order valence-electron chi connectivity index (χ2n) is 5.71. The van der Waals surface area contributed by atoms with Gasteiger partial charge in [0, 0.05) is 6.61 Å². The number of esters is 1. The monoisotopic (exact) mass is 243 g/mol. The highest BCUT2D eigenvalue weighted by atomic mass is 16.6. The Bertz CT molecular complexity index is 242. The van der Waals surface area contributed by atoms with Crippen LogP contribution in [-0.2, 0) is 14.3 Å². The van der Waals surface area contributed by atoms with Crippen LogP contribution in [-0.4, -0.2) is 30.3 Å². The summed E-state index contributed by atoms with van der Waals surface area (Å²) in [6, 6.07) is -0.504. The average Bonchev–Trinajstić information content (AvgIpc) is 2.67. The predicted octanol–water partition coefficient (Wildman–Crippen LogP) is 2.00. The van der Waals surface area contributed by atoms with Crippen LogP contribution >= 0.6 is 0 Å². The lowest BCUT2D eigenvalue weighted by molar-refractivity contribution is -0.156. The maximum absolute atomic E-state index is 11.6. The highest BCUT2D eigenvalue weighted by Gasteiger charge is 2.22. The van der Waals surface area contributed by atoms with Crippen molar-refractivity contribution < 1.29 is 14.3 Å². The fourth-order valence-electron chi connectivity index (χ4n) is 1.93. The Hall–Kier alpha value is -0.610. The molecule has 0 aromatic carbocycles. The van der Waals surface area contributed by atoms with Crippen molar-refractivity contribution >= 4 is 5.97 Å². The highest BCUT2D eigenvalue weighted by molar-refractivity contribution is 5.75. The van der Waals surface area contributed by atoms with Crippen LogP contribution in [0.5, 0.6) is 0 Å². The van der Waals surface area contributed by atoms with Crippen molar-refractivity contribution in [3.8, 4) is 0 Å². The molecule has 17 heavy (non-hydrogen) atoms. The third-order valence-corrected chi connectivity index (χ3v) is 2.77. The Labute approximate surface area is 104 Å². The third kappa shape index (κ3) is 6.03. The molecule has 1 aliphatic heterocycles. The first-order valence-corrected chi connectivity index (χ1v) is 6.48. The van der Waals surface area contributed by atoms with Crippen LogP contribution < -0.4 is 5.73 Å². The van der Waals surface area contributed by atoms with Gasteiger partial charge in [-0.3, -0.25) is 4.79 Å². The second-order valence-corrected chi connectivity index (χ2v) is 5.71. The summed E-state index contributed by atoms with van der Waals surface area (Å²) in [5.74, 6) is -0.301. The minimum absolute atomic E-state index is 0.301. The van der Waals surface area contributed by atoms with E-state index in [0.717, 1.165) is 32.3 Å². The summed E-state index contributed by atoms with van der Waals surface area (Å²) >= 11 is 0. The van der Waals surface area contributed by atoms with E-state index in [2.05, 4.69) is 0 Å². The molecule has 0 saturated carbocycles. The minimum Gasteiger partial charge on any atom is -0.459 e. The lowest BCUT2D eigenvalue weighted by Crippen LogP contribution is -2.37. The summed E-state index contributed by atoms with van der Waals surface area (Å²) < 4.78 is 10.7. The van der Waals surface area contributed by atoms with E-state index in [1.54, 1.807) is 0 Å². The molecule has 100 valence electrons. The molecule has 1 saturated heterocycles. The third-order valence-electron chi connectivity index (χ3n) is 2.77. The maximum Gasteiger partial charge on any atom is 0.323 e. The van der Waals surface area contributed by atoms with Gasteiger partial charge < -0.3 is 15.2 Å². The van der Waals surface area contributed by atoms with Gasteiger partial charge in [0.25, 0.3) is 0 Å². The van der Waals surface area contributed by atoms with E-state index in [4.69, 9.17) is 15.2 Å². The van der Waals surface area contributed by atoms with Crippen LogP contribution in [0.4, 0.5) is 0 Å². The normalized spacial score (nSPS) is 22.5. The molecule has 4 heteroatoms. The van der Waals surface area contributed by atoms with Crippen molar-refractivity contribution in [2.75, 3.05) is 6.61 Å². The molecule has 1 rings (SSSR count). The van der Waals surface area contributed by atoms with Gasteiger partial charge in [-0.2, -0.15) is 0 Å². The van der Waals surface area contributed by atoms with E-state index in [0.29, 0.717) is 12.5 Å². The summed E-state index contributed by atoms with van der Waals surface area (Å²) in [6.45, 7) is 6.43. The van der Waals surface area contributed by atoms with Crippen molar-refractivity contribution in [3.63, 3.8) is 0 Å². The average molecular weight is 243 g/mol. The van der Waals surface area contributed by atoms with Crippen LogP contribution in [0, 0.1) is 0 Å². The predicted molar refractivity (Wildman–Crippen MR) is 66.6 cm³/mol. The summed E-state index contributed by atoms with van der Waals surface area (Å²) in [4.78, 5) is 11.6. The van der Waals surface area contributed by atoms with Crippen LogP contribution in [0.2, 0.25) is 0 Å². The number of rotatable bonds is 5. The van der Waals surface area contributed by atoms with Crippen molar-refractivity contribution in [1.29, 1.82) is 0 Å². The Morgan fingerprint density at radius 2 is 2.24 bits per heavy atom. The van der Waals surface area contributed by atoms with Gasteiger partial charge in [0.15, 0.2) is 0 Å². The molecule has 1 heterocycles. The largest absolute Gasteiger partial charge is 0.459 e. The van der Waals surface area contributed by atoms with Gasteiger partial charge in [-0.15, -0.1) is 0 Å². The molecule has 2 N–H and O–H groups in total. The number of ether oxygens (including phenoxy) is 2. The molecule has 0 spiro atoms. The summed E-state index contributed by atoms with van der Waals surface area (Å²) in [5.41, 5.74) is 5.34. The summed E-state index contributed by atoms with van der Waals surface area (Å²) in [6.07, 6.45) is 5.27. The lowest BCUT2D eigenvalue weighted by atomic mass is 10.1. The van der Waals surface area contributed by atoms with Crippen LogP contribution in [0.15, 0.2) is 0 Å². The number of hydrogen-bond acceptors (Lipinski definition) is 4. The topological polar surface area (TPSA) is 61.5 Å². The molecule has 0 aliphatic carbocycles. The zero-order valence-corrected chi connectivity index (χ0v) is 11.2. The first-order chi connectivity index (χ1) is 7.88. The van der Waals surface area contributed by atoms with Gasteiger partial charge in [-0.1, -0.05) is 0 Å². The lowest BCUT2D eigenvalue weighted by Gasteiger charge is -2.22. The quantitative estimate of drug-likeness (QED) is 0.750. The summed E-state index contributed by atoms with van der Waals surface area (Å²) in [7, 11) is 0. The smallest absolute Gasteiger partial charge is 0.323 e. The number of hydrogen-bond donors (Lipinski definition) is 1. The van der Waals surface area contributed by atoms with Gasteiger partial charge in [0.2, 0.25) is 0 Å². The van der Waals surface area contributed by atoms with Crippen molar-refractivity contribution in [3.05, 3.63) is 0 Å². The van der Waals surface area contributed by atoms with Crippen LogP contribution in [0.1, 0.15) is 52.9 Å². The Morgan fingerprint density at radius 1 is 1.53 bits per heavy atom. The van der Waals surface area contributed by atoms with Gasteiger partial charge in [-0.05, 0) is 52.9 Å². The van der Waals surface area contributed by atoms with E-state index in [1.165, 1.54) is 0 Å². The van der Waals surface area contributed by atoms with E-state index in [-0.39, 0.29) is 5.97 Å². The zero-order valence-electron chi connectivity index (χ0n) is 11.2. The van der Waals surface area contributed by atoms with Crippen molar-refractivity contribution in [2.45, 2.75) is 70.6 Å². The van der Waals surface area contributed by atoms with Gasteiger partial charge in [0.05, 0.1) is 6.10 Å². The fourth-order valence-corrected chi connectivity index (χ4v) is 1.93. The van der Waals surface area contributed by atoms with Gasteiger partial charge in [0.1, 0.15) is 11.6 Å². The standard InChI is InChI=1S/C13H25NO3/c1-13(2,3)17-12(15)11(14)8-4-6-10-7-5-9-16-10/h10-11H,4-9,14H2,1-3H3. The molecule has 0 bridgehead atoms. The van der Waals surface area contributed by atoms with Gasteiger partial charge >= 0.3 is 5.97 Å². The van der Waals surface area contributed by atoms with E-state index in [1.807, 2.05) is 20.8 Å². The Balaban J connectivity index is 2.15. The van der Waals surface area contributed by atoms with E-state index in [9.17, 15) is 4.79 Å². The molecule has 0 amide bonds. The SMILES string of the molecule is CC(C)(C)OC(=O)C(N)CCCC1CCCO1. The van der Waals surface area contributed by atoms with Crippen LogP contribution in [0.3, 0.4) is 0 Å². The molecule has 2 atom stereocenters. The molecule has 1 aliphatic rings. The maximum atomic E-state index is 11.6. The molecule has 2 unspecified atom stereocenters. The number of carbonyl (C=O) groups is 1. The molecule has 1 fully saturated rings. The van der Waals surface area contributed by atoms with Crippen LogP contribution in [0.25, 0.3) is 0 Å². The highest BCUT2D eigenvalue weighted by Crippen LogP contribution is 2.18. The van der Waals surface area contributed by atoms with Gasteiger partial charge in [-0.25, -0.2) is 0 Å². The minimum atomic E-state index is -0.504.